The van der Waals surface area contributed by atoms with Crippen molar-refractivity contribution in [2.24, 2.45) is 0 Å². The smallest absolute Gasteiger partial charge is 0.253 e. The van der Waals surface area contributed by atoms with E-state index < -0.39 is 0 Å². The van der Waals surface area contributed by atoms with Gasteiger partial charge in [0.15, 0.2) is 0 Å². The number of nitrogens with zero attached hydrogens (tertiary/aromatic N) is 1. The number of hydrogen-bond acceptors (Lipinski definition) is 1. The number of hydrogen-bond donors (Lipinski definition) is 0. The fourth-order valence-electron chi connectivity index (χ4n) is 1.55. The van der Waals surface area contributed by atoms with Gasteiger partial charge in [0, 0.05) is 17.3 Å². The lowest BCUT2D eigenvalue weighted by Crippen LogP contribution is -2.26. The molecule has 0 bridgehead atoms. The highest BCUT2D eigenvalue weighted by Crippen LogP contribution is 2.07. The van der Waals surface area contributed by atoms with E-state index in [0.717, 1.165) is 17.7 Å². The summed E-state index contributed by atoms with van der Waals surface area (Å²) >= 11 is 0. The van der Waals surface area contributed by atoms with Gasteiger partial charge in [-0.1, -0.05) is 13.0 Å². The summed E-state index contributed by atoms with van der Waals surface area (Å²) in [6.45, 7) is 8.02. The lowest BCUT2D eigenvalue weighted by atomic mass is 10.2. The molecule has 2 nitrogen and oxygen atoms in total. The molecule has 72 valence electrons. The van der Waals surface area contributed by atoms with Gasteiger partial charge in [0.2, 0.25) is 0 Å². The van der Waals surface area contributed by atoms with E-state index in [1.807, 2.05) is 37.5 Å². The molecule has 0 aromatic carbocycles. The van der Waals surface area contributed by atoms with Gasteiger partial charge in [-0.2, -0.15) is 0 Å². The maximum absolute atomic E-state index is 11.8. The van der Waals surface area contributed by atoms with Crippen molar-refractivity contribution < 1.29 is 0 Å². The van der Waals surface area contributed by atoms with E-state index >= 15 is 0 Å². The quantitative estimate of drug-likeness (QED) is 0.682. The zero-order valence-electron chi connectivity index (χ0n) is 8.79. The second-order valence-electron chi connectivity index (χ2n) is 3.63. The van der Waals surface area contributed by atoms with Crippen LogP contribution in [0.5, 0.6) is 0 Å². The van der Waals surface area contributed by atoms with Crippen molar-refractivity contribution in [3.63, 3.8) is 0 Å². The Hall–Kier alpha value is -1.05. The molecule has 1 aromatic rings. The normalized spacial score (nSPS) is 10.8. The van der Waals surface area contributed by atoms with Crippen molar-refractivity contribution in [1.82, 2.24) is 4.57 Å². The van der Waals surface area contributed by atoms with Crippen LogP contribution in [-0.4, -0.2) is 4.57 Å². The number of rotatable bonds is 2. The van der Waals surface area contributed by atoms with E-state index in [1.54, 1.807) is 0 Å². The summed E-state index contributed by atoms with van der Waals surface area (Å²) in [4.78, 5) is 11.8. The Morgan fingerprint density at radius 3 is 2.46 bits per heavy atom. The summed E-state index contributed by atoms with van der Waals surface area (Å²) in [7, 11) is 0. The molecule has 0 saturated carbocycles. The molecule has 0 radical (unpaired) electrons. The summed E-state index contributed by atoms with van der Waals surface area (Å²) in [5.41, 5.74) is 2.09. The highest BCUT2D eigenvalue weighted by Gasteiger charge is 2.07. The topological polar surface area (TPSA) is 22.0 Å². The monoisotopic (exact) mass is 179 g/mol. The fraction of sp³-hybridized carbons (Fsp3) is 0.545. The average molecular weight is 179 g/mol. The molecule has 0 aliphatic rings. The molecule has 0 spiro atoms. The third kappa shape index (κ3) is 1.82. The Labute approximate surface area is 79.2 Å². The van der Waals surface area contributed by atoms with Gasteiger partial charge in [0.25, 0.3) is 5.56 Å². The third-order valence-electron chi connectivity index (χ3n) is 2.27. The van der Waals surface area contributed by atoms with Crippen molar-refractivity contribution in [3.8, 4) is 0 Å². The van der Waals surface area contributed by atoms with Crippen LogP contribution >= 0.6 is 0 Å². The predicted octanol–water partition coefficient (Wildman–Crippen LogP) is 2.30. The van der Waals surface area contributed by atoms with Crippen LogP contribution in [-0.2, 0) is 6.42 Å². The minimum Gasteiger partial charge on any atom is -0.310 e. The first-order valence-corrected chi connectivity index (χ1v) is 4.79. The van der Waals surface area contributed by atoms with Gasteiger partial charge in [-0.15, -0.1) is 0 Å². The van der Waals surface area contributed by atoms with Crippen molar-refractivity contribution in [2.45, 2.75) is 40.2 Å². The number of aryl methyl sites for hydroxylation is 2. The van der Waals surface area contributed by atoms with Crippen LogP contribution in [0.2, 0.25) is 0 Å². The molecule has 0 N–H and O–H groups in total. The zero-order chi connectivity index (χ0) is 10.0. The van der Waals surface area contributed by atoms with Crippen LogP contribution in [0.3, 0.4) is 0 Å². The molecule has 1 rings (SSSR count). The van der Waals surface area contributed by atoms with Crippen LogP contribution in [0.25, 0.3) is 0 Å². The van der Waals surface area contributed by atoms with E-state index in [-0.39, 0.29) is 11.6 Å². The zero-order valence-corrected chi connectivity index (χ0v) is 8.79. The Kier molecular flexibility index (Phi) is 2.91. The lowest BCUT2D eigenvalue weighted by molar-refractivity contribution is 0.550. The first-order valence-electron chi connectivity index (χ1n) is 4.79. The van der Waals surface area contributed by atoms with E-state index in [1.165, 1.54) is 0 Å². The van der Waals surface area contributed by atoms with E-state index in [0.29, 0.717) is 0 Å². The largest absolute Gasteiger partial charge is 0.310 e. The molecule has 1 aromatic heterocycles. The van der Waals surface area contributed by atoms with Gasteiger partial charge in [0.1, 0.15) is 0 Å². The molecule has 0 fully saturated rings. The van der Waals surface area contributed by atoms with Crippen LogP contribution < -0.4 is 5.56 Å². The minimum atomic E-state index is 0.148. The van der Waals surface area contributed by atoms with Gasteiger partial charge in [-0.3, -0.25) is 4.79 Å². The first kappa shape index (κ1) is 10.0. The molecule has 0 aliphatic carbocycles. The van der Waals surface area contributed by atoms with Gasteiger partial charge < -0.3 is 4.57 Å². The van der Waals surface area contributed by atoms with E-state index in [2.05, 4.69) is 6.92 Å². The Morgan fingerprint density at radius 1 is 1.38 bits per heavy atom. The van der Waals surface area contributed by atoms with Crippen molar-refractivity contribution >= 4 is 0 Å². The first-order chi connectivity index (χ1) is 6.07. The second-order valence-corrected chi connectivity index (χ2v) is 3.63. The standard InChI is InChI=1S/C11H17NO/c1-5-10-7-6-9(4)11(13)12(10)8(2)3/h6-8H,5H2,1-4H3. The van der Waals surface area contributed by atoms with Gasteiger partial charge in [-0.05, 0) is 33.3 Å². The molecule has 0 unspecified atom stereocenters. The van der Waals surface area contributed by atoms with Gasteiger partial charge in [-0.25, -0.2) is 0 Å². The average Bonchev–Trinajstić information content (AvgIpc) is 2.08. The summed E-state index contributed by atoms with van der Waals surface area (Å²) < 4.78 is 1.87. The molecule has 2 heteroatoms. The lowest BCUT2D eigenvalue weighted by Gasteiger charge is -2.15. The van der Waals surface area contributed by atoms with E-state index in [9.17, 15) is 4.79 Å². The Bertz CT molecular complexity index is 350. The molecule has 1 heterocycles. The van der Waals surface area contributed by atoms with Crippen molar-refractivity contribution in [3.05, 3.63) is 33.7 Å². The number of pyridine rings is 1. The SMILES string of the molecule is CCc1ccc(C)c(=O)n1C(C)C. The van der Waals surface area contributed by atoms with Crippen LogP contribution in [0.15, 0.2) is 16.9 Å². The maximum atomic E-state index is 11.8. The fourth-order valence-corrected chi connectivity index (χ4v) is 1.55. The summed E-state index contributed by atoms with van der Waals surface area (Å²) in [6.07, 6.45) is 0.910. The summed E-state index contributed by atoms with van der Waals surface area (Å²) in [5, 5.41) is 0. The van der Waals surface area contributed by atoms with Crippen LogP contribution in [0, 0.1) is 6.92 Å². The molecule has 0 amide bonds. The van der Waals surface area contributed by atoms with Gasteiger partial charge >= 0.3 is 0 Å². The molecule has 13 heavy (non-hydrogen) atoms. The molecule has 0 atom stereocenters. The predicted molar refractivity (Wildman–Crippen MR) is 55.2 cm³/mol. The number of aromatic nitrogens is 1. The van der Waals surface area contributed by atoms with E-state index in [4.69, 9.17) is 0 Å². The summed E-state index contributed by atoms with van der Waals surface area (Å²) in [5.74, 6) is 0. The van der Waals surface area contributed by atoms with Crippen molar-refractivity contribution in [1.29, 1.82) is 0 Å². The Balaban J connectivity index is 3.42. The molecule has 0 saturated heterocycles. The van der Waals surface area contributed by atoms with Crippen molar-refractivity contribution in [2.75, 3.05) is 0 Å². The third-order valence-corrected chi connectivity index (χ3v) is 2.27. The van der Waals surface area contributed by atoms with Crippen LogP contribution in [0.4, 0.5) is 0 Å². The summed E-state index contributed by atoms with van der Waals surface area (Å²) in [6, 6.07) is 4.19. The molecule has 0 aliphatic heterocycles. The Morgan fingerprint density at radius 2 is 2.00 bits per heavy atom. The second kappa shape index (κ2) is 3.77. The maximum Gasteiger partial charge on any atom is 0.253 e. The highest BCUT2D eigenvalue weighted by atomic mass is 16.1. The highest BCUT2D eigenvalue weighted by molar-refractivity contribution is 5.15. The molecular formula is C11H17NO. The van der Waals surface area contributed by atoms with Crippen LogP contribution in [0.1, 0.15) is 38.1 Å². The van der Waals surface area contributed by atoms with Gasteiger partial charge in [0.05, 0.1) is 0 Å². The molecular weight excluding hydrogens is 162 g/mol. The minimum absolute atomic E-state index is 0.148.